The maximum atomic E-state index is 12.0. The lowest BCUT2D eigenvalue weighted by Gasteiger charge is -2.17. The summed E-state index contributed by atoms with van der Waals surface area (Å²) in [6, 6.07) is 4.76. The van der Waals surface area contributed by atoms with Crippen molar-refractivity contribution in [2.75, 3.05) is 20.3 Å². The monoisotopic (exact) mass is 323 g/mol. The number of rotatable bonds is 8. The minimum absolute atomic E-state index is 0.0202. The van der Waals surface area contributed by atoms with Gasteiger partial charge in [-0.1, -0.05) is 13.8 Å². The summed E-state index contributed by atoms with van der Waals surface area (Å²) in [5.74, 6) is 0.399. The van der Waals surface area contributed by atoms with Crippen LogP contribution in [-0.2, 0) is 9.53 Å². The van der Waals surface area contributed by atoms with Crippen LogP contribution in [-0.4, -0.2) is 38.2 Å². The van der Waals surface area contributed by atoms with Gasteiger partial charge in [0.15, 0.2) is 18.1 Å². The Morgan fingerprint density at radius 2 is 1.87 bits per heavy atom. The summed E-state index contributed by atoms with van der Waals surface area (Å²) >= 11 is 0. The second-order valence-electron chi connectivity index (χ2n) is 5.47. The second-order valence-corrected chi connectivity index (χ2v) is 5.47. The van der Waals surface area contributed by atoms with Gasteiger partial charge in [-0.15, -0.1) is 0 Å². The third kappa shape index (κ3) is 5.81. The van der Waals surface area contributed by atoms with Crippen LogP contribution >= 0.6 is 0 Å². The number of hydrogen-bond donors (Lipinski definition) is 1. The maximum Gasteiger partial charge on any atom is 0.338 e. The molecular weight excluding hydrogens is 298 g/mol. The van der Waals surface area contributed by atoms with E-state index in [2.05, 4.69) is 5.32 Å². The van der Waals surface area contributed by atoms with Gasteiger partial charge in [-0.05, 0) is 38.0 Å². The lowest BCUT2D eigenvalue weighted by atomic mass is 10.1. The summed E-state index contributed by atoms with van der Waals surface area (Å²) in [5, 5.41) is 2.77. The number of carbonyl (C=O) groups is 2. The van der Waals surface area contributed by atoms with Crippen molar-refractivity contribution >= 4 is 11.9 Å². The molecule has 0 aliphatic heterocycles. The Hall–Kier alpha value is -2.24. The number of nitrogens with one attached hydrogen (secondary N) is 1. The zero-order chi connectivity index (χ0) is 17.4. The normalized spacial score (nSPS) is 11.7. The minimum Gasteiger partial charge on any atom is -0.493 e. The number of ether oxygens (including phenoxy) is 3. The lowest BCUT2D eigenvalue weighted by Crippen LogP contribution is -2.38. The van der Waals surface area contributed by atoms with Crippen molar-refractivity contribution in [3.8, 4) is 11.5 Å². The first-order valence-corrected chi connectivity index (χ1v) is 7.66. The Kier molecular flexibility index (Phi) is 7.38. The van der Waals surface area contributed by atoms with Gasteiger partial charge in [-0.3, -0.25) is 4.79 Å². The molecular formula is C17H25NO5. The van der Waals surface area contributed by atoms with E-state index in [0.29, 0.717) is 29.6 Å². The standard InChI is InChI=1S/C17H25NO5/c1-6-22-14-8-7-13(9-15(14)21-5)17(20)23-10-16(19)18-12(4)11(2)3/h7-9,11-12H,6,10H2,1-5H3,(H,18,19)/t12-/m1/s1. The predicted octanol–water partition coefficient (Wildman–Crippen LogP) is 2.41. The van der Waals surface area contributed by atoms with Crippen LogP contribution in [0.2, 0.25) is 0 Å². The summed E-state index contributed by atoms with van der Waals surface area (Å²) in [6.07, 6.45) is 0. The van der Waals surface area contributed by atoms with E-state index in [1.165, 1.54) is 13.2 Å². The van der Waals surface area contributed by atoms with Crippen LogP contribution in [0.25, 0.3) is 0 Å². The van der Waals surface area contributed by atoms with Gasteiger partial charge in [0.25, 0.3) is 5.91 Å². The second kappa shape index (κ2) is 9.02. The molecule has 1 N–H and O–H groups in total. The molecule has 0 aliphatic rings. The van der Waals surface area contributed by atoms with E-state index in [9.17, 15) is 9.59 Å². The Bertz CT molecular complexity index is 542. The predicted molar refractivity (Wildman–Crippen MR) is 86.9 cm³/mol. The highest BCUT2D eigenvalue weighted by Crippen LogP contribution is 2.28. The Morgan fingerprint density at radius 3 is 2.43 bits per heavy atom. The van der Waals surface area contributed by atoms with E-state index >= 15 is 0 Å². The first-order valence-electron chi connectivity index (χ1n) is 7.66. The van der Waals surface area contributed by atoms with Crippen LogP contribution < -0.4 is 14.8 Å². The number of benzene rings is 1. The lowest BCUT2D eigenvalue weighted by molar-refractivity contribution is -0.125. The van der Waals surface area contributed by atoms with Gasteiger partial charge in [0, 0.05) is 6.04 Å². The third-order valence-corrected chi connectivity index (χ3v) is 3.42. The first-order chi connectivity index (χ1) is 10.9. The largest absolute Gasteiger partial charge is 0.493 e. The van der Waals surface area contributed by atoms with Gasteiger partial charge in [0.1, 0.15) is 0 Å². The average Bonchev–Trinajstić information content (AvgIpc) is 2.53. The first kappa shape index (κ1) is 18.8. The van der Waals surface area contributed by atoms with Crippen molar-refractivity contribution in [2.45, 2.75) is 33.7 Å². The van der Waals surface area contributed by atoms with Crippen LogP contribution in [0.15, 0.2) is 18.2 Å². The van der Waals surface area contributed by atoms with Crippen LogP contribution in [0.5, 0.6) is 11.5 Å². The molecule has 0 heterocycles. The van der Waals surface area contributed by atoms with Gasteiger partial charge >= 0.3 is 5.97 Å². The molecule has 23 heavy (non-hydrogen) atoms. The molecule has 1 aromatic carbocycles. The molecule has 0 unspecified atom stereocenters. The zero-order valence-electron chi connectivity index (χ0n) is 14.3. The SMILES string of the molecule is CCOc1ccc(C(=O)OCC(=O)N[C@H](C)C(C)C)cc1OC. The molecule has 0 radical (unpaired) electrons. The molecule has 0 aliphatic carbocycles. The zero-order valence-corrected chi connectivity index (χ0v) is 14.3. The van der Waals surface area contributed by atoms with E-state index in [1.807, 2.05) is 27.7 Å². The molecule has 0 fully saturated rings. The quantitative estimate of drug-likeness (QED) is 0.744. The van der Waals surface area contributed by atoms with Crippen LogP contribution in [0.1, 0.15) is 38.1 Å². The Labute approximate surface area is 137 Å². The fourth-order valence-corrected chi connectivity index (χ4v) is 1.75. The highest BCUT2D eigenvalue weighted by atomic mass is 16.5. The van der Waals surface area contributed by atoms with Gasteiger partial charge < -0.3 is 19.5 Å². The molecule has 0 saturated carbocycles. The molecule has 0 saturated heterocycles. The van der Waals surface area contributed by atoms with Crippen molar-refractivity contribution in [3.05, 3.63) is 23.8 Å². The van der Waals surface area contributed by atoms with Gasteiger partial charge in [0.2, 0.25) is 0 Å². The molecule has 0 bridgehead atoms. The molecule has 1 atom stereocenters. The van der Waals surface area contributed by atoms with E-state index in [4.69, 9.17) is 14.2 Å². The van der Waals surface area contributed by atoms with Gasteiger partial charge in [0.05, 0.1) is 19.3 Å². The summed E-state index contributed by atoms with van der Waals surface area (Å²) in [6.45, 7) is 7.95. The Balaban J connectivity index is 2.63. The Morgan fingerprint density at radius 1 is 1.17 bits per heavy atom. The molecule has 1 aromatic rings. The molecule has 6 nitrogen and oxygen atoms in total. The van der Waals surface area contributed by atoms with Crippen molar-refractivity contribution in [1.82, 2.24) is 5.32 Å². The van der Waals surface area contributed by atoms with Crippen LogP contribution in [0.3, 0.4) is 0 Å². The third-order valence-electron chi connectivity index (χ3n) is 3.42. The minimum atomic E-state index is -0.585. The van der Waals surface area contributed by atoms with Crippen molar-refractivity contribution in [1.29, 1.82) is 0 Å². The number of amides is 1. The van der Waals surface area contributed by atoms with Crippen LogP contribution in [0, 0.1) is 5.92 Å². The molecule has 1 rings (SSSR count). The van der Waals surface area contributed by atoms with Gasteiger partial charge in [-0.2, -0.15) is 0 Å². The summed E-state index contributed by atoms with van der Waals surface area (Å²) in [7, 11) is 1.49. The number of esters is 1. The van der Waals surface area contributed by atoms with Gasteiger partial charge in [-0.25, -0.2) is 4.79 Å². The van der Waals surface area contributed by atoms with E-state index in [-0.39, 0.29) is 18.6 Å². The average molecular weight is 323 g/mol. The van der Waals surface area contributed by atoms with Crippen LogP contribution in [0.4, 0.5) is 0 Å². The van der Waals surface area contributed by atoms with Crippen molar-refractivity contribution < 1.29 is 23.8 Å². The highest BCUT2D eigenvalue weighted by Gasteiger charge is 2.15. The van der Waals surface area contributed by atoms with Crippen molar-refractivity contribution in [2.24, 2.45) is 5.92 Å². The number of hydrogen-bond acceptors (Lipinski definition) is 5. The smallest absolute Gasteiger partial charge is 0.338 e. The number of carbonyl (C=O) groups excluding carboxylic acids is 2. The maximum absolute atomic E-state index is 12.0. The summed E-state index contributed by atoms with van der Waals surface area (Å²) in [4.78, 5) is 23.7. The number of methoxy groups -OCH3 is 1. The molecule has 6 heteroatoms. The van der Waals surface area contributed by atoms with E-state index in [0.717, 1.165) is 0 Å². The molecule has 128 valence electrons. The summed E-state index contributed by atoms with van der Waals surface area (Å²) in [5.41, 5.74) is 0.301. The topological polar surface area (TPSA) is 73.9 Å². The molecule has 1 amide bonds. The molecule has 0 spiro atoms. The summed E-state index contributed by atoms with van der Waals surface area (Å²) < 4.78 is 15.6. The molecule has 0 aromatic heterocycles. The van der Waals surface area contributed by atoms with E-state index < -0.39 is 5.97 Å². The van der Waals surface area contributed by atoms with E-state index in [1.54, 1.807) is 12.1 Å². The highest BCUT2D eigenvalue weighted by molar-refractivity contribution is 5.92. The fourth-order valence-electron chi connectivity index (χ4n) is 1.75. The van der Waals surface area contributed by atoms with Crippen molar-refractivity contribution in [3.63, 3.8) is 0 Å². The fraction of sp³-hybridized carbons (Fsp3) is 0.529.